The maximum atomic E-state index is 4.20. The molecular weight excluding hydrogens is 385 g/mol. The molecule has 2 rings (SSSR count). The summed E-state index contributed by atoms with van der Waals surface area (Å²) in [6, 6.07) is 4.10. The summed E-state index contributed by atoms with van der Waals surface area (Å²) in [5, 5.41) is 17.7. The van der Waals surface area contributed by atoms with Gasteiger partial charge in [-0.1, -0.05) is 6.92 Å². The van der Waals surface area contributed by atoms with Crippen LogP contribution in [0.2, 0.25) is 0 Å². The molecule has 2 aromatic rings. The number of H-pyrrole nitrogens is 1. The van der Waals surface area contributed by atoms with E-state index < -0.39 is 0 Å². The van der Waals surface area contributed by atoms with Gasteiger partial charge in [0.25, 0.3) is 0 Å². The van der Waals surface area contributed by atoms with Gasteiger partial charge in [-0.25, -0.2) is 0 Å². The van der Waals surface area contributed by atoms with Gasteiger partial charge in [0, 0.05) is 19.8 Å². The van der Waals surface area contributed by atoms with Crippen LogP contribution in [-0.4, -0.2) is 29.7 Å². The van der Waals surface area contributed by atoms with Crippen LogP contribution in [0.3, 0.4) is 0 Å². The number of aromatic amines is 1. The molecule has 0 fully saturated rings. The number of nitrogens with one attached hydrogen (secondary N) is 3. The predicted octanol–water partition coefficient (Wildman–Crippen LogP) is 2.56. The van der Waals surface area contributed by atoms with Gasteiger partial charge in [0.2, 0.25) is 0 Å². The van der Waals surface area contributed by atoms with Crippen LogP contribution in [0, 0.1) is 0 Å². The first-order valence-electron chi connectivity index (χ1n) is 6.24. The van der Waals surface area contributed by atoms with Crippen LogP contribution in [0.25, 0.3) is 0 Å². The molecule has 1 atom stereocenters. The molecule has 110 valence electrons. The first kappa shape index (κ1) is 17.0. The molecule has 0 saturated heterocycles. The molecule has 0 aliphatic heterocycles. The summed E-state index contributed by atoms with van der Waals surface area (Å²) in [5.74, 6) is 1.27. The second-order valence-electron chi connectivity index (χ2n) is 4.35. The third-order valence-corrected chi connectivity index (χ3v) is 3.62. The molecule has 2 heterocycles. The molecular formula is C13H20IN5S. The fraction of sp³-hybridized carbons (Fsp3) is 0.385. The highest BCUT2D eigenvalue weighted by Crippen LogP contribution is 2.16. The summed E-state index contributed by atoms with van der Waals surface area (Å²) < 4.78 is 0. The number of guanidine groups is 1. The van der Waals surface area contributed by atoms with E-state index in [4.69, 9.17) is 0 Å². The molecule has 5 nitrogen and oxygen atoms in total. The van der Waals surface area contributed by atoms with Gasteiger partial charge in [-0.15, -0.1) is 24.0 Å². The van der Waals surface area contributed by atoms with E-state index in [1.165, 1.54) is 5.56 Å². The Morgan fingerprint density at radius 3 is 2.90 bits per heavy atom. The lowest BCUT2D eigenvalue weighted by Gasteiger charge is -2.15. The first-order valence-corrected chi connectivity index (χ1v) is 7.18. The summed E-state index contributed by atoms with van der Waals surface area (Å²) in [5.41, 5.74) is 2.40. The molecule has 3 N–H and O–H groups in total. The molecule has 1 unspecified atom stereocenters. The molecule has 0 bridgehead atoms. The standard InChI is InChI=1S/C13H19N5S.HI/c1-10(11-4-6-19-9-11)7-15-13(14-2)16-8-12-3-5-17-18-12;/h3-6,9-10H,7-8H2,1-2H3,(H,17,18)(H2,14,15,16);1H. The van der Waals surface area contributed by atoms with Gasteiger partial charge in [0.1, 0.15) is 0 Å². The maximum Gasteiger partial charge on any atom is 0.191 e. The average molecular weight is 405 g/mol. The lowest BCUT2D eigenvalue weighted by Crippen LogP contribution is -2.38. The summed E-state index contributed by atoms with van der Waals surface area (Å²) in [6.07, 6.45) is 1.74. The Morgan fingerprint density at radius 2 is 2.30 bits per heavy atom. The number of aliphatic imine (C=N–C) groups is 1. The summed E-state index contributed by atoms with van der Waals surface area (Å²) in [7, 11) is 1.78. The molecule has 0 saturated carbocycles. The number of hydrogen-bond acceptors (Lipinski definition) is 3. The van der Waals surface area contributed by atoms with Crippen molar-refractivity contribution < 1.29 is 0 Å². The quantitative estimate of drug-likeness (QED) is 0.407. The van der Waals surface area contributed by atoms with Crippen molar-refractivity contribution in [2.24, 2.45) is 4.99 Å². The number of hydrogen-bond donors (Lipinski definition) is 3. The third kappa shape index (κ3) is 5.12. The molecule has 2 aromatic heterocycles. The van der Waals surface area contributed by atoms with Crippen molar-refractivity contribution in [1.82, 2.24) is 20.8 Å². The van der Waals surface area contributed by atoms with Gasteiger partial charge in [-0.2, -0.15) is 16.4 Å². The Labute approximate surface area is 140 Å². The van der Waals surface area contributed by atoms with Crippen LogP contribution >= 0.6 is 35.3 Å². The molecule has 0 aliphatic carbocycles. The van der Waals surface area contributed by atoms with Crippen LogP contribution < -0.4 is 10.6 Å². The van der Waals surface area contributed by atoms with E-state index in [0.29, 0.717) is 12.5 Å². The van der Waals surface area contributed by atoms with E-state index in [-0.39, 0.29) is 24.0 Å². The van der Waals surface area contributed by atoms with E-state index >= 15 is 0 Å². The number of nitrogens with zero attached hydrogens (tertiary/aromatic N) is 2. The Kier molecular flexibility index (Phi) is 7.60. The van der Waals surface area contributed by atoms with Crippen LogP contribution in [0.4, 0.5) is 0 Å². The van der Waals surface area contributed by atoms with Gasteiger partial charge in [0.05, 0.1) is 12.2 Å². The maximum absolute atomic E-state index is 4.20. The van der Waals surface area contributed by atoms with Crippen molar-refractivity contribution in [2.75, 3.05) is 13.6 Å². The molecule has 7 heteroatoms. The smallest absolute Gasteiger partial charge is 0.191 e. The summed E-state index contributed by atoms with van der Waals surface area (Å²) in [6.45, 7) is 3.75. The highest BCUT2D eigenvalue weighted by Gasteiger charge is 2.06. The second kappa shape index (κ2) is 8.96. The lowest BCUT2D eigenvalue weighted by molar-refractivity contribution is 0.698. The Balaban J connectivity index is 0.00000200. The fourth-order valence-corrected chi connectivity index (χ4v) is 2.49. The Hall–Kier alpha value is -1.09. The number of halogens is 1. The van der Waals surface area contributed by atoms with Gasteiger partial charge < -0.3 is 10.6 Å². The van der Waals surface area contributed by atoms with Gasteiger partial charge in [-0.3, -0.25) is 10.1 Å². The minimum Gasteiger partial charge on any atom is -0.356 e. The van der Waals surface area contributed by atoms with Crippen molar-refractivity contribution in [3.8, 4) is 0 Å². The number of thiophene rings is 1. The summed E-state index contributed by atoms with van der Waals surface area (Å²) >= 11 is 1.73. The van der Waals surface area contributed by atoms with Gasteiger partial charge in [0.15, 0.2) is 5.96 Å². The highest BCUT2D eigenvalue weighted by atomic mass is 127. The van der Waals surface area contributed by atoms with Crippen LogP contribution in [0.1, 0.15) is 24.1 Å². The van der Waals surface area contributed by atoms with Crippen LogP contribution in [-0.2, 0) is 6.54 Å². The highest BCUT2D eigenvalue weighted by molar-refractivity contribution is 14.0. The lowest BCUT2D eigenvalue weighted by atomic mass is 10.1. The summed E-state index contributed by atoms with van der Waals surface area (Å²) in [4.78, 5) is 4.20. The Morgan fingerprint density at radius 1 is 1.45 bits per heavy atom. The molecule has 0 aromatic carbocycles. The van der Waals surface area contributed by atoms with E-state index in [2.05, 4.69) is 49.6 Å². The van der Waals surface area contributed by atoms with Gasteiger partial charge in [-0.05, 0) is 34.4 Å². The number of aromatic nitrogens is 2. The molecule has 0 aliphatic rings. The Bertz CT molecular complexity index is 495. The van der Waals surface area contributed by atoms with Crippen molar-refractivity contribution in [2.45, 2.75) is 19.4 Å². The monoisotopic (exact) mass is 405 g/mol. The molecule has 20 heavy (non-hydrogen) atoms. The van der Waals surface area contributed by atoms with Crippen molar-refractivity contribution in [1.29, 1.82) is 0 Å². The third-order valence-electron chi connectivity index (χ3n) is 2.92. The van der Waals surface area contributed by atoms with Crippen molar-refractivity contribution in [3.05, 3.63) is 40.3 Å². The molecule has 0 amide bonds. The van der Waals surface area contributed by atoms with Crippen molar-refractivity contribution >= 4 is 41.3 Å². The molecule has 0 spiro atoms. The van der Waals surface area contributed by atoms with Crippen LogP contribution in [0.5, 0.6) is 0 Å². The van der Waals surface area contributed by atoms with E-state index in [9.17, 15) is 0 Å². The van der Waals surface area contributed by atoms with Crippen LogP contribution in [0.15, 0.2) is 34.1 Å². The van der Waals surface area contributed by atoms with Crippen molar-refractivity contribution in [3.63, 3.8) is 0 Å². The predicted molar refractivity (Wildman–Crippen MR) is 94.9 cm³/mol. The normalized spacial score (nSPS) is 12.6. The van der Waals surface area contributed by atoms with E-state index in [0.717, 1.165) is 18.2 Å². The van der Waals surface area contributed by atoms with Gasteiger partial charge >= 0.3 is 0 Å². The van der Waals surface area contributed by atoms with E-state index in [1.54, 1.807) is 24.6 Å². The SMILES string of the molecule is CN=C(NCc1ccn[nH]1)NCC(C)c1ccsc1.I. The zero-order valence-electron chi connectivity index (χ0n) is 11.6. The average Bonchev–Trinajstić information content (AvgIpc) is 3.11. The first-order chi connectivity index (χ1) is 9.29. The van der Waals surface area contributed by atoms with E-state index in [1.807, 2.05) is 6.07 Å². The molecule has 0 radical (unpaired) electrons. The minimum absolute atomic E-state index is 0. The second-order valence-corrected chi connectivity index (χ2v) is 5.13. The zero-order valence-corrected chi connectivity index (χ0v) is 14.7. The zero-order chi connectivity index (χ0) is 13.5. The number of rotatable bonds is 5. The fourth-order valence-electron chi connectivity index (χ4n) is 1.71. The largest absolute Gasteiger partial charge is 0.356 e. The minimum atomic E-state index is 0. The topological polar surface area (TPSA) is 65.1 Å².